The molecule has 0 unspecified atom stereocenters. The molecule has 0 radical (unpaired) electrons. The summed E-state index contributed by atoms with van der Waals surface area (Å²) in [5, 5.41) is 9.82. The molecule has 0 atom stereocenters. The highest BCUT2D eigenvalue weighted by Crippen LogP contribution is 2.32. The first-order chi connectivity index (χ1) is 11.6. The summed E-state index contributed by atoms with van der Waals surface area (Å²) in [5.41, 5.74) is 3.63. The Balaban J connectivity index is 2.55. The van der Waals surface area contributed by atoms with Gasteiger partial charge in [-0.2, -0.15) is 0 Å². The van der Waals surface area contributed by atoms with Crippen LogP contribution in [0.15, 0.2) is 48.5 Å². The van der Waals surface area contributed by atoms with Gasteiger partial charge in [0, 0.05) is 7.11 Å². The molecule has 4 nitrogen and oxygen atoms in total. The lowest BCUT2D eigenvalue weighted by molar-refractivity contribution is -0.130. The molecule has 0 spiro atoms. The Hall–Kier alpha value is -2.59. The van der Waals surface area contributed by atoms with Crippen LogP contribution in [0.5, 0.6) is 5.75 Å². The molecule has 126 valence electrons. The van der Waals surface area contributed by atoms with Crippen molar-refractivity contribution in [3.63, 3.8) is 0 Å². The van der Waals surface area contributed by atoms with Gasteiger partial charge in [0.25, 0.3) is 0 Å². The Labute approximate surface area is 142 Å². The highest BCUT2D eigenvalue weighted by molar-refractivity contribution is 6.24. The van der Waals surface area contributed by atoms with Gasteiger partial charge >= 0.3 is 5.97 Å². The first-order valence-electron chi connectivity index (χ1n) is 7.83. The predicted molar refractivity (Wildman–Crippen MR) is 94.9 cm³/mol. The van der Waals surface area contributed by atoms with Crippen molar-refractivity contribution in [3.8, 4) is 5.75 Å². The maximum Gasteiger partial charge on any atom is 0.336 e. The highest BCUT2D eigenvalue weighted by atomic mass is 16.7. The SMILES string of the molecule is CC/C(=C(/C(=O)O)c1ccc(OCOC)cc1C)c1ccccc1. The van der Waals surface area contributed by atoms with Gasteiger partial charge in [-0.25, -0.2) is 4.79 Å². The average molecular weight is 326 g/mol. The van der Waals surface area contributed by atoms with E-state index in [0.29, 0.717) is 23.3 Å². The molecule has 0 aromatic heterocycles. The smallest absolute Gasteiger partial charge is 0.336 e. The zero-order valence-electron chi connectivity index (χ0n) is 14.2. The lowest BCUT2D eigenvalue weighted by atomic mass is 9.90. The van der Waals surface area contributed by atoms with Crippen molar-refractivity contribution in [1.82, 2.24) is 0 Å². The number of benzene rings is 2. The number of aryl methyl sites for hydroxylation is 1. The van der Waals surface area contributed by atoms with Crippen LogP contribution >= 0.6 is 0 Å². The van der Waals surface area contributed by atoms with Gasteiger partial charge in [0.15, 0.2) is 6.79 Å². The van der Waals surface area contributed by atoms with E-state index < -0.39 is 5.97 Å². The molecular formula is C20H22O4. The fourth-order valence-corrected chi connectivity index (χ4v) is 2.70. The van der Waals surface area contributed by atoms with Gasteiger partial charge in [-0.15, -0.1) is 0 Å². The highest BCUT2D eigenvalue weighted by Gasteiger charge is 2.19. The zero-order valence-corrected chi connectivity index (χ0v) is 14.2. The van der Waals surface area contributed by atoms with Gasteiger partial charge in [-0.1, -0.05) is 43.3 Å². The van der Waals surface area contributed by atoms with E-state index in [1.807, 2.05) is 50.2 Å². The Morgan fingerprint density at radius 1 is 1.12 bits per heavy atom. The molecule has 0 fully saturated rings. The standard InChI is InChI=1S/C20H22O4/c1-4-17(15-8-6-5-7-9-15)19(20(21)22)18-11-10-16(12-14(18)2)24-13-23-3/h5-12H,4,13H2,1-3H3,(H,21,22)/b19-17-. The number of ether oxygens (including phenoxy) is 2. The maximum atomic E-state index is 12.0. The fourth-order valence-electron chi connectivity index (χ4n) is 2.70. The molecule has 2 aromatic rings. The zero-order chi connectivity index (χ0) is 17.5. The maximum absolute atomic E-state index is 12.0. The number of allylic oxidation sites excluding steroid dienone is 1. The molecule has 2 rings (SSSR count). The number of hydrogen-bond donors (Lipinski definition) is 1. The second-order valence-electron chi connectivity index (χ2n) is 5.41. The third-order valence-electron chi connectivity index (χ3n) is 3.80. The number of rotatable bonds is 7. The monoisotopic (exact) mass is 326 g/mol. The van der Waals surface area contributed by atoms with Gasteiger partial charge in [-0.3, -0.25) is 0 Å². The van der Waals surface area contributed by atoms with E-state index in [1.165, 1.54) is 0 Å². The second kappa shape index (κ2) is 8.31. The molecular weight excluding hydrogens is 304 g/mol. The molecule has 1 N–H and O–H groups in total. The first-order valence-corrected chi connectivity index (χ1v) is 7.83. The largest absolute Gasteiger partial charge is 0.478 e. The van der Waals surface area contributed by atoms with Gasteiger partial charge in [0.05, 0.1) is 5.57 Å². The minimum atomic E-state index is -0.927. The molecule has 0 saturated carbocycles. The molecule has 0 aliphatic heterocycles. The topological polar surface area (TPSA) is 55.8 Å². The lowest BCUT2D eigenvalue weighted by Gasteiger charge is -2.15. The predicted octanol–water partition coefficient (Wildman–Crippen LogP) is 4.38. The average Bonchev–Trinajstić information content (AvgIpc) is 2.59. The van der Waals surface area contributed by atoms with Crippen LogP contribution in [0, 0.1) is 6.92 Å². The van der Waals surface area contributed by atoms with E-state index in [4.69, 9.17) is 9.47 Å². The molecule has 0 amide bonds. The van der Waals surface area contributed by atoms with E-state index in [9.17, 15) is 9.90 Å². The van der Waals surface area contributed by atoms with Gasteiger partial charge in [-0.05, 0) is 47.7 Å². The number of carboxylic acids is 1. The summed E-state index contributed by atoms with van der Waals surface area (Å²) in [4.78, 5) is 12.0. The van der Waals surface area contributed by atoms with Gasteiger partial charge in [0.1, 0.15) is 5.75 Å². The van der Waals surface area contributed by atoms with Gasteiger partial charge < -0.3 is 14.6 Å². The molecule has 0 saturated heterocycles. The van der Waals surface area contributed by atoms with Crippen LogP contribution in [0.25, 0.3) is 11.1 Å². The number of hydrogen-bond acceptors (Lipinski definition) is 3. The quantitative estimate of drug-likeness (QED) is 0.466. The van der Waals surface area contributed by atoms with E-state index >= 15 is 0 Å². The number of carboxylic acid groups (broad SMARTS) is 1. The third kappa shape index (κ3) is 4.03. The van der Waals surface area contributed by atoms with Crippen LogP contribution in [-0.4, -0.2) is 25.0 Å². The Kier molecular flexibility index (Phi) is 6.15. The van der Waals surface area contributed by atoms with Crippen molar-refractivity contribution in [2.24, 2.45) is 0 Å². The van der Waals surface area contributed by atoms with Crippen LogP contribution in [0.2, 0.25) is 0 Å². The molecule has 24 heavy (non-hydrogen) atoms. The number of methoxy groups -OCH3 is 1. The van der Waals surface area contributed by atoms with Crippen molar-refractivity contribution in [2.45, 2.75) is 20.3 Å². The van der Waals surface area contributed by atoms with E-state index in [2.05, 4.69) is 0 Å². The third-order valence-corrected chi connectivity index (χ3v) is 3.80. The van der Waals surface area contributed by atoms with Crippen LogP contribution < -0.4 is 4.74 Å². The van der Waals surface area contributed by atoms with E-state index in [0.717, 1.165) is 16.7 Å². The fraction of sp³-hybridized carbons (Fsp3) is 0.250. The first kappa shape index (κ1) is 17.8. The van der Waals surface area contributed by atoms with Crippen LogP contribution in [0.1, 0.15) is 30.0 Å². The van der Waals surface area contributed by atoms with Crippen molar-refractivity contribution in [1.29, 1.82) is 0 Å². The normalized spacial score (nSPS) is 11.8. The summed E-state index contributed by atoms with van der Waals surface area (Å²) in [7, 11) is 1.56. The van der Waals surface area contributed by atoms with Crippen LogP contribution in [-0.2, 0) is 9.53 Å². The molecule has 0 bridgehead atoms. The van der Waals surface area contributed by atoms with Gasteiger partial charge in [0.2, 0.25) is 0 Å². The molecule has 2 aromatic carbocycles. The summed E-state index contributed by atoms with van der Waals surface area (Å²) < 4.78 is 10.3. The Morgan fingerprint density at radius 2 is 1.83 bits per heavy atom. The lowest BCUT2D eigenvalue weighted by Crippen LogP contribution is -2.06. The summed E-state index contributed by atoms with van der Waals surface area (Å²) in [6, 6.07) is 15.0. The van der Waals surface area contributed by atoms with E-state index in [-0.39, 0.29) is 6.79 Å². The molecule has 0 aliphatic carbocycles. The minimum Gasteiger partial charge on any atom is -0.478 e. The summed E-state index contributed by atoms with van der Waals surface area (Å²) in [5.74, 6) is -0.273. The summed E-state index contributed by atoms with van der Waals surface area (Å²) >= 11 is 0. The van der Waals surface area contributed by atoms with Crippen molar-refractivity contribution in [3.05, 3.63) is 65.2 Å². The molecule has 0 heterocycles. The van der Waals surface area contributed by atoms with Crippen molar-refractivity contribution >= 4 is 17.1 Å². The van der Waals surface area contributed by atoms with Crippen molar-refractivity contribution < 1.29 is 19.4 Å². The summed E-state index contributed by atoms with van der Waals surface area (Å²) in [6.07, 6.45) is 0.632. The summed E-state index contributed by atoms with van der Waals surface area (Å²) in [6.45, 7) is 4.01. The number of aliphatic carboxylic acids is 1. The Bertz CT molecular complexity index is 733. The Morgan fingerprint density at radius 3 is 2.38 bits per heavy atom. The second-order valence-corrected chi connectivity index (χ2v) is 5.41. The van der Waals surface area contributed by atoms with Crippen LogP contribution in [0.3, 0.4) is 0 Å². The van der Waals surface area contributed by atoms with Crippen molar-refractivity contribution in [2.75, 3.05) is 13.9 Å². The van der Waals surface area contributed by atoms with Crippen LogP contribution in [0.4, 0.5) is 0 Å². The number of carbonyl (C=O) groups is 1. The molecule has 0 aliphatic rings. The van der Waals surface area contributed by atoms with E-state index in [1.54, 1.807) is 19.2 Å². The minimum absolute atomic E-state index is 0.157. The molecule has 4 heteroatoms.